The highest BCUT2D eigenvalue weighted by Gasteiger charge is 1.97. The molecule has 0 aliphatic carbocycles. The number of rotatable bonds is 2. The van der Waals surface area contributed by atoms with Crippen LogP contribution < -0.4 is 4.72 Å². The van der Waals surface area contributed by atoms with E-state index in [4.69, 9.17) is 9.11 Å². The predicted octanol–water partition coefficient (Wildman–Crippen LogP) is 1.01. The van der Waals surface area contributed by atoms with Crippen molar-refractivity contribution in [2.75, 3.05) is 7.05 Å². The number of nitrogens with one attached hydrogen (secondary N) is 1. The summed E-state index contributed by atoms with van der Waals surface area (Å²) in [4.78, 5) is 0. The van der Waals surface area contributed by atoms with Crippen LogP contribution in [0.25, 0.3) is 0 Å². The first-order valence-corrected chi connectivity index (χ1v) is 3.32. The minimum absolute atomic E-state index is 1.08. The summed E-state index contributed by atoms with van der Waals surface area (Å²) in [6.45, 7) is 3.18. The van der Waals surface area contributed by atoms with Gasteiger partial charge < -0.3 is 0 Å². The Kier molecular flexibility index (Phi) is 2.31. The molecule has 0 bridgehead atoms. The molecule has 44 valence electrons. The third kappa shape index (κ3) is 2.64. The smallest absolute Gasteiger partial charge is 0.0316 e. The molecule has 0 saturated carbocycles. The molecule has 0 saturated heterocycles. The topological polar surface area (TPSA) is 52.5 Å². The van der Waals surface area contributed by atoms with Crippen LogP contribution in [0.1, 0.15) is 0 Å². The van der Waals surface area contributed by atoms with Crippen molar-refractivity contribution in [2.45, 2.75) is 0 Å². The second-order valence-corrected chi connectivity index (χ2v) is 2.89. The molecule has 7 heavy (non-hydrogen) atoms. The molecule has 0 aromatic rings. The molecule has 3 nitrogen and oxygen atoms in total. The Hall–Kier alpha value is -0.0300. The molecule has 4 heteroatoms. The highest BCUT2D eigenvalue weighted by atomic mass is 32.3. The average Bonchev–Trinajstić information content (AvgIpc) is 1.68. The molecule has 0 fully saturated rings. The molecule has 0 aliphatic heterocycles. The molecule has 0 radical (unpaired) electrons. The van der Waals surface area contributed by atoms with Crippen molar-refractivity contribution in [1.82, 2.24) is 4.72 Å². The molecule has 0 amide bonds. The van der Waals surface area contributed by atoms with Crippen LogP contribution in [0.3, 0.4) is 0 Å². The maximum absolute atomic E-state index is 8.54. The fourth-order valence-corrected chi connectivity index (χ4v) is 0.250. The van der Waals surface area contributed by atoms with Crippen molar-refractivity contribution in [3.63, 3.8) is 0 Å². The van der Waals surface area contributed by atoms with Gasteiger partial charge in [-0.1, -0.05) is 6.58 Å². The van der Waals surface area contributed by atoms with Crippen LogP contribution in [0.4, 0.5) is 0 Å². The summed E-state index contributed by atoms with van der Waals surface area (Å²) >= 11 is 0. The van der Waals surface area contributed by atoms with Gasteiger partial charge in [0.05, 0.1) is 0 Å². The Labute approximate surface area is 44.5 Å². The monoisotopic (exact) mass is 123 g/mol. The summed E-state index contributed by atoms with van der Waals surface area (Å²) < 4.78 is 19.4. The van der Waals surface area contributed by atoms with Gasteiger partial charge in [0.15, 0.2) is 0 Å². The van der Waals surface area contributed by atoms with Crippen molar-refractivity contribution in [2.24, 2.45) is 0 Å². The van der Waals surface area contributed by atoms with Gasteiger partial charge in [0.1, 0.15) is 0 Å². The summed E-state index contributed by atoms with van der Waals surface area (Å²) in [5.41, 5.74) is 0. The summed E-state index contributed by atoms with van der Waals surface area (Å²) in [6.07, 6.45) is 0. The van der Waals surface area contributed by atoms with Crippen molar-refractivity contribution in [3.05, 3.63) is 12.0 Å². The van der Waals surface area contributed by atoms with E-state index in [1.165, 1.54) is 7.05 Å². The lowest BCUT2D eigenvalue weighted by atomic mass is 11.3. The normalized spacial score (nSPS) is 13.6. The van der Waals surface area contributed by atoms with Crippen LogP contribution in [0.5, 0.6) is 0 Å². The first-order valence-electron chi connectivity index (χ1n) is 1.71. The van der Waals surface area contributed by atoms with Crippen molar-refractivity contribution in [1.29, 1.82) is 0 Å². The van der Waals surface area contributed by atoms with E-state index in [1.54, 1.807) is 0 Å². The third-order valence-corrected chi connectivity index (χ3v) is 1.60. The molecule has 0 atom stereocenters. The lowest BCUT2D eigenvalue weighted by molar-refractivity contribution is 0.489. The minimum Gasteiger partial charge on any atom is -0.282 e. The van der Waals surface area contributed by atoms with Crippen molar-refractivity contribution in [3.8, 4) is 0 Å². The predicted molar refractivity (Wildman–Crippen MR) is 32.1 cm³/mol. The Balaban J connectivity index is 3.58. The Morgan fingerprint density at radius 1 is 1.71 bits per heavy atom. The van der Waals surface area contributed by atoms with Gasteiger partial charge in [-0.3, -0.25) is 9.11 Å². The summed E-state index contributed by atoms with van der Waals surface area (Å²) in [7, 11) is -1.19. The molecule has 0 aliphatic rings. The molecule has 0 spiro atoms. The Morgan fingerprint density at radius 3 is 2.14 bits per heavy atom. The van der Waals surface area contributed by atoms with E-state index >= 15 is 0 Å². The summed E-state index contributed by atoms with van der Waals surface area (Å²) in [5.74, 6) is 0. The molecular formula is C3H9NO2S. The van der Waals surface area contributed by atoms with Crippen LogP contribution in [-0.2, 0) is 0 Å². The van der Waals surface area contributed by atoms with Gasteiger partial charge in [-0.2, -0.15) is 0 Å². The number of hydrogen-bond acceptors (Lipinski definition) is 3. The van der Waals surface area contributed by atoms with Gasteiger partial charge in [0, 0.05) is 12.5 Å². The van der Waals surface area contributed by atoms with Gasteiger partial charge in [-0.05, 0) is 0 Å². The standard InChI is InChI=1S/C3H9NO2S/c1-3-7(5,6)4-2/h3-6H,1H2,2H3. The van der Waals surface area contributed by atoms with E-state index in [0.717, 1.165) is 5.41 Å². The maximum Gasteiger partial charge on any atom is 0.0316 e. The molecule has 3 N–H and O–H groups in total. The summed E-state index contributed by atoms with van der Waals surface area (Å²) in [5, 5.41) is 1.08. The molecule has 0 rings (SSSR count). The third-order valence-electron chi connectivity index (χ3n) is 0.533. The molecule has 0 aromatic carbocycles. The second-order valence-electron chi connectivity index (χ2n) is 0.964. The van der Waals surface area contributed by atoms with Crippen LogP contribution in [-0.4, -0.2) is 16.2 Å². The van der Waals surface area contributed by atoms with Crippen LogP contribution in [0.15, 0.2) is 12.0 Å². The SMILES string of the molecule is C=CS(O)(O)NC. The van der Waals surface area contributed by atoms with Crippen LogP contribution in [0.2, 0.25) is 0 Å². The van der Waals surface area contributed by atoms with Crippen molar-refractivity contribution >= 4 is 10.8 Å². The first kappa shape index (κ1) is 6.97. The summed E-state index contributed by atoms with van der Waals surface area (Å²) in [6, 6.07) is 0. The van der Waals surface area contributed by atoms with E-state index in [2.05, 4.69) is 11.3 Å². The van der Waals surface area contributed by atoms with Gasteiger partial charge in [0.25, 0.3) is 0 Å². The zero-order valence-corrected chi connectivity index (χ0v) is 4.90. The highest BCUT2D eigenvalue weighted by Crippen LogP contribution is 2.32. The van der Waals surface area contributed by atoms with E-state index in [0.29, 0.717) is 0 Å². The fraction of sp³-hybridized carbons (Fsp3) is 0.333. The fourth-order valence-electron chi connectivity index (χ4n) is 0.0833. The second kappa shape index (κ2) is 2.32. The highest BCUT2D eigenvalue weighted by molar-refractivity contribution is 8.25. The van der Waals surface area contributed by atoms with Crippen LogP contribution in [0, 0.1) is 0 Å². The first-order chi connectivity index (χ1) is 3.12. The largest absolute Gasteiger partial charge is 0.282 e. The van der Waals surface area contributed by atoms with E-state index in [-0.39, 0.29) is 0 Å². The van der Waals surface area contributed by atoms with Gasteiger partial charge in [0.2, 0.25) is 0 Å². The quantitative estimate of drug-likeness (QED) is 0.513. The molecular weight excluding hydrogens is 114 g/mol. The zero-order valence-electron chi connectivity index (χ0n) is 4.09. The van der Waals surface area contributed by atoms with E-state index in [9.17, 15) is 0 Å². The number of hydrogen-bond donors (Lipinski definition) is 3. The van der Waals surface area contributed by atoms with Crippen molar-refractivity contribution < 1.29 is 9.11 Å². The molecule has 0 unspecified atom stereocenters. The molecule has 0 aromatic heterocycles. The van der Waals surface area contributed by atoms with Gasteiger partial charge >= 0.3 is 0 Å². The van der Waals surface area contributed by atoms with Gasteiger partial charge in [-0.25, -0.2) is 4.72 Å². The van der Waals surface area contributed by atoms with E-state index < -0.39 is 10.8 Å². The van der Waals surface area contributed by atoms with E-state index in [1.807, 2.05) is 0 Å². The molecule has 0 heterocycles. The lowest BCUT2D eigenvalue weighted by Crippen LogP contribution is -2.10. The maximum atomic E-state index is 8.54. The minimum atomic E-state index is -2.64. The Bertz CT molecular complexity index is 73.3. The van der Waals surface area contributed by atoms with Crippen LogP contribution >= 0.6 is 10.8 Å². The zero-order chi connectivity index (χ0) is 5.91. The average molecular weight is 123 g/mol. The lowest BCUT2D eigenvalue weighted by Gasteiger charge is -2.25. The Morgan fingerprint density at radius 2 is 2.14 bits per heavy atom. The van der Waals surface area contributed by atoms with Gasteiger partial charge in [-0.15, -0.1) is 10.8 Å².